The first-order valence-electron chi connectivity index (χ1n) is 10.0. The predicted molar refractivity (Wildman–Crippen MR) is 108 cm³/mol. The lowest BCUT2D eigenvalue weighted by Gasteiger charge is -2.47. The summed E-state index contributed by atoms with van der Waals surface area (Å²) in [7, 11) is 0. The van der Waals surface area contributed by atoms with Crippen LogP contribution in [-0.2, 0) is 9.53 Å². The van der Waals surface area contributed by atoms with Gasteiger partial charge in [-0.3, -0.25) is 19.0 Å². The van der Waals surface area contributed by atoms with Crippen molar-refractivity contribution in [2.45, 2.75) is 18.4 Å². The van der Waals surface area contributed by atoms with E-state index < -0.39 is 6.04 Å². The number of fused-ring (bicyclic) bond motifs is 4. The third kappa shape index (κ3) is 3.20. The van der Waals surface area contributed by atoms with E-state index in [9.17, 15) is 14.4 Å². The maximum atomic E-state index is 13.5. The standard InChI is InChI=1S/C21H23N3O4S/c25-18-5-1-3-16-14-11-15(13-23(12-14)20(26)17-4-2-10-29-17)19(24(16)18)21(27)22-6-8-28-9-7-22/h1-5,10,14-15,19H,6-9,11-13H2/t14-,15+,19+/m0/s1. The van der Waals surface area contributed by atoms with Crippen LogP contribution in [0.5, 0.6) is 0 Å². The third-order valence-electron chi connectivity index (χ3n) is 6.24. The Morgan fingerprint density at radius 1 is 1.03 bits per heavy atom. The van der Waals surface area contributed by atoms with Crippen LogP contribution in [0.2, 0.25) is 0 Å². The van der Waals surface area contributed by atoms with E-state index in [1.165, 1.54) is 17.4 Å². The largest absolute Gasteiger partial charge is 0.378 e. The first-order valence-corrected chi connectivity index (χ1v) is 10.9. The minimum atomic E-state index is -0.563. The van der Waals surface area contributed by atoms with Crippen molar-refractivity contribution >= 4 is 23.2 Å². The van der Waals surface area contributed by atoms with Gasteiger partial charge in [0.1, 0.15) is 6.04 Å². The maximum absolute atomic E-state index is 13.5. The lowest BCUT2D eigenvalue weighted by Crippen LogP contribution is -2.56. The van der Waals surface area contributed by atoms with Crippen molar-refractivity contribution in [3.63, 3.8) is 0 Å². The second-order valence-electron chi connectivity index (χ2n) is 7.92. The number of carbonyl (C=O) groups excluding carboxylic acids is 2. The van der Waals surface area contributed by atoms with Crippen molar-refractivity contribution in [1.82, 2.24) is 14.4 Å². The zero-order valence-electron chi connectivity index (χ0n) is 16.0. The molecule has 2 saturated heterocycles. The molecule has 3 atom stereocenters. The highest BCUT2D eigenvalue weighted by Gasteiger charge is 2.46. The summed E-state index contributed by atoms with van der Waals surface area (Å²) in [5, 5.41) is 1.90. The molecule has 5 rings (SSSR count). The van der Waals surface area contributed by atoms with Gasteiger partial charge in [0, 0.05) is 49.8 Å². The zero-order chi connectivity index (χ0) is 20.0. The van der Waals surface area contributed by atoms with E-state index in [-0.39, 0.29) is 29.2 Å². The predicted octanol–water partition coefficient (Wildman–Crippen LogP) is 1.57. The number of aromatic nitrogens is 1. The number of ether oxygens (including phenoxy) is 1. The topological polar surface area (TPSA) is 71.9 Å². The van der Waals surface area contributed by atoms with Gasteiger partial charge in [0.2, 0.25) is 5.91 Å². The molecule has 0 aliphatic carbocycles. The highest BCUT2D eigenvalue weighted by atomic mass is 32.1. The zero-order valence-corrected chi connectivity index (χ0v) is 16.8. The van der Waals surface area contributed by atoms with Gasteiger partial charge in [-0.1, -0.05) is 12.1 Å². The van der Waals surface area contributed by atoms with Crippen molar-refractivity contribution in [2.24, 2.45) is 5.92 Å². The molecule has 5 heterocycles. The van der Waals surface area contributed by atoms with Gasteiger partial charge in [-0.25, -0.2) is 0 Å². The summed E-state index contributed by atoms with van der Waals surface area (Å²) in [5.74, 6) is -0.0170. The molecule has 152 valence electrons. The maximum Gasteiger partial charge on any atom is 0.263 e. The molecule has 0 spiro atoms. The van der Waals surface area contributed by atoms with E-state index in [0.717, 1.165) is 12.1 Å². The summed E-state index contributed by atoms with van der Waals surface area (Å²) in [6.07, 6.45) is 0.818. The van der Waals surface area contributed by atoms with Crippen LogP contribution in [0.4, 0.5) is 0 Å². The molecule has 29 heavy (non-hydrogen) atoms. The molecule has 0 radical (unpaired) electrons. The number of hydrogen-bond donors (Lipinski definition) is 0. The van der Waals surface area contributed by atoms with Gasteiger partial charge < -0.3 is 14.5 Å². The fraction of sp³-hybridized carbons (Fsp3) is 0.476. The number of pyridine rings is 1. The van der Waals surface area contributed by atoms with Gasteiger partial charge in [-0.05, 0) is 23.9 Å². The van der Waals surface area contributed by atoms with Gasteiger partial charge in [-0.15, -0.1) is 11.3 Å². The van der Waals surface area contributed by atoms with E-state index in [1.807, 2.05) is 28.5 Å². The highest BCUT2D eigenvalue weighted by molar-refractivity contribution is 7.12. The number of likely N-dealkylation sites (tertiary alicyclic amines) is 1. The van der Waals surface area contributed by atoms with Crippen LogP contribution in [0.1, 0.15) is 33.7 Å². The summed E-state index contributed by atoms with van der Waals surface area (Å²) in [4.78, 5) is 43.7. The fourth-order valence-corrected chi connectivity index (χ4v) is 5.63. The quantitative estimate of drug-likeness (QED) is 0.749. The Balaban J connectivity index is 1.52. The van der Waals surface area contributed by atoms with Crippen LogP contribution in [0, 0.1) is 5.92 Å². The van der Waals surface area contributed by atoms with E-state index in [2.05, 4.69) is 0 Å². The van der Waals surface area contributed by atoms with E-state index >= 15 is 0 Å². The Morgan fingerprint density at radius 2 is 1.86 bits per heavy atom. The van der Waals surface area contributed by atoms with Crippen LogP contribution >= 0.6 is 11.3 Å². The minimum Gasteiger partial charge on any atom is -0.378 e. The van der Waals surface area contributed by atoms with E-state index in [0.29, 0.717) is 44.3 Å². The molecular weight excluding hydrogens is 390 g/mol. The SMILES string of the molecule is O=C(c1cccs1)N1C[C@@H]2C[C@H](C1)[C@H](C(=O)N1CCOCC1)n1c2cccc1=O. The third-order valence-corrected chi connectivity index (χ3v) is 7.10. The van der Waals surface area contributed by atoms with E-state index in [1.54, 1.807) is 15.5 Å². The number of amides is 2. The Hall–Kier alpha value is -2.45. The minimum absolute atomic E-state index is 0.0130. The van der Waals surface area contributed by atoms with Crippen LogP contribution in [0.3, 0.4) is 0 Å². The second kappa shape index (κ2) is 7.42. The summed E-state index contributed by atoms with van der Waals surface area (Å²) >= 11 is 1.44. The van der Waals surface area contributed by atoms with Gasteiger partial charge in [0.05, 0.1) is 18.1 Å². The Labute approximate surface area is 172 Å². The highest BCUT2D eigenvalue weighted by Crippen LogP contribution is 2.42. The summed E-state index contributed by atoms with van der Waals surface area (Å²) in [6.45, 7) is 3.20. The molecular formula is C21H23N3O4S. The molecule has 3 aliphatic rings. The van der Waals surface area contributed by atoms with Crippen molar-refractivity contribution in [2.75, 3.05) is 39.4 Å². The number of rotatable bonds is 2. The number of piperidine rings is 1. The van der Waals surface area contributed by atoms with Crippen LogP contribution in [0.15, 0.2) is 40.5 Å². The number of morpholine rings is 1. The van der Waals surface area contributed by atoms with Crippen LogP contribution < -0.4 is 5.56 Å². The molecule has 2 aromatic rings. The van der Waals surface area contributed by atoms with Crippen molar-refractivity contribution in [3.05, 3.63) is 56.6 Å². The molecule has 0 N–H and O–H groups in total. The molecule has 7 nitrogen and oxygen atoms in total. The van der Waals surface area contributed by atoms with Crippen molar-refractivity contribution in [1.29, 1.82) is 0 Å². The van der Waals surface area contributed by atoms with Crippen molar-refractivity contribution < 1.29 is 14.3 Å². The van der Waals surface area contributed by atoms with Gasteiger partial charge in [-0.2, -0.15) is 0 Å². The number of hydrogen-bond acceptors (Lipinski definition) is 5. The first kappa shape index (κ1) is 18.6. The van der Waals surface area contributed by atoms with Gasteiger partial charge in [0.15, 0.2) is 0 Å². The lowest BCUT2D eigenvalue weighted by molar-refractivity contribution is -0.142. The molecule has 0 unspecified atom stereocenters. The van der Waals surface area contributed by atoms with Gasteiger partial charge in [0.25, 0.3) is 11.5 Å². The Kier molecular flexibility index (Phi) is 4.75. The summed E-state index contributed by atoms with van der Waals surface area (Å²) in [5.41, 5.74) is 0.728. The van der Waals surface area contributed by atoms with Crippen molar-refractivity contribution in [3.8, 4) is 0 Å². The fourth-order valence-electron chi connectivity index (χ4n) is 4.94. The summed E-state index contributed by atoms with van der Waals surface area (Å²) in [6, 6.07) is 8.37. The van der Waals surface area contributed by atoms with Gasteiger partial charge >= 0.3 is 0 Å². The molecule has 3 aliphatic heterocycles. The second-order valence-corrected chi connectivity index (χ2v) is 8.87. The molecule has 2 bridgehead atoms. The van der Waals surface area contributed by atoms with Crippen LogP contribution in [0.25, 0.3) is 0 Å². The lowest BCUT2D eigenvalue weighted by atomic mass is 9.78. The average Bonchev–Trinajstić information content (AvgIpc) is 3.29. The molecule has 0 aromatic carbocycles. The molecule has 0 saturated carbocycles. The number of thiophene rings is 1. The summed E-state index contributed by atoms with van der Waals surface area (Å²) < 4.78 is 7.09. The Morgan fingerprint density at radius 3 is 2.62 bits per heavy atom. The average molecular weight is 413 g/mol. The number of carbonyl (C=O) groups is 2. The monoisotopic (exact) mass is 413 g/mol. The molecule has 2 fully saturated rings. The van der Waals surface area contributed by atoms with Crippen LogP contribution in [-0.4, -0.2) is 65.6 Å². The molecule has 8 heteroatoms. The Bertz CT molecular complexity index is 980. The number of nitrogens with zero attached hydrogens (tertiary/aromatic N) is 3. The molecule has 2 aromatic heterocycles. The first-order chi connectivity index (χ1) is 14.1. The molecule has 2 amide bonds. The smallest absolute Gasteiger partial charge is 0.263 e. The van der Waals surface area contributed by atoms with E-state index in [4.69, 9.17) is 4.74 Å². The normalized spacial score (nSPS) is 26.1.